The number of nitro groups is 1. The van der Waals surface area contributed by atoms with E-state index in [1.807, 2.05) is 0 Å². The predicted octanol–water partition coefficient (Wildman–Crippen LogP) is 3.42. The fraction of sp³-hybridized carbons (Fsp3) is 0.250. The van der Waals surface area contributed by atoms with Crippen molar-refractivity contribution in [3.8, 4) is 0 Å². The summed E-state index contributed by atoms with van der Waals surface area (Å²) in [6, 6.07) is 3.41. The second-order valence-electron chi connectivity index (χ2n) is 3.53. The Kier molecular flexibility index (Phi) is 5.51. The average molecular weight is 269 g/mol. The number of thioether (sulfide) groups is 1. The van der Waals surface area contributed by atoms with Crippen LogP contribution >= 0.6 is 11.8 Å². The van der Waals surface area contributed by atoms with Crippen LogP contribution in [0, 0.1) is 15.9 Å². The van der Waals surface area contributed by atoms with Crippen LogP contribution in [0.25, 0.3) is 6.08 Å². The summed E-state index contributed by atoms with van der Waals surface area (Å²) in [5.74, 6) is 0.00503. The number of rotatable bonds is 5. The van der Waals surface area contributed by atoms with Gasteiger partial charge in [0.1, 0.15) is 5.82 Å². The Morgan fingerprint density at radius 2 is 2.22 bits per heavy atom. The maximum atomic E-state index is 13.1. The van der Waals surface area contributed by atoms with E-state index in [4.69, 9.17) is 0 Å². The third kappa shape index (κ3) is 5.09. The van der Waals surface area contributed by atoms with Crippen molar-refractivity contribution in [3.63, 3.8) is 0 Å². The van der Waals surface area contributed by atoms with E-state index in [0.717, 1.165) is 6.07 Å². The van der Waals surface area contributed by atoms with Crippen molar-refractivity contribution in [1.82, 2.24) is 0 Å². The van der Waals surface area contributed by atoms with Crippen LogP contribution in [0.1, 0.15) is 18.9 Å². The molecule has 0 spiro atoms. The molecule has 18 heavy (non-hydrogen) atoms. The number of allylic oxidation sites excluding steroid dienone is 1. The lowest BCUT2D eigenvalue weighted by molar-refractivity contribution is -0.385. The van der Waals surface area contributed by atoms with Crippen LogP contribution in [0.2, 0.25) is 0 Å². The zero-order valence-electron chi connectivity index (χ0n) is 9.76. The Morgan fingerprint density at radius 1 is 1.50 bits per heavy atom. The number of non-ortho nitro benzene ring substituents is 1. The van der Waals surface area contributed by atoms with Gasteiger partial charge in [-0.3, -0.25) is 14.9 Å². The predicted molar refractivity (Wildman–Crippen MR) is 69.8 cm³/mol. The quantitative estimate of drug-likeness (QED) is 0.467. The highest BCUT2D eigenvalue weighted by atomic mass is 32.2. The molecule has 4 nitrogen and oxygen atoms in total. The molecule has 1 aromatic rings. The molecule has 0 aliphatic carbocycles. The number of benzene rings is 1. The molecule has 1 aromatic carbocycles. The molecular weight excluding hydrogens is 257 g/mol. The fourth-order valence-electron chi connectivity index (χ4n) is 1.29. The molecule has 0 heterocycles. The van der Waals surface area contributed by atoms with E-state index in [2.05, 4.69) is 0 Å². The Morgan fingerprint density at radius 3 is 2.83 bits per heavy atom. The van der Waals surface area contributed by atoms with Crippen LogP contribution in [0.4, 0.5) is 10.1 Å². The average Bonchev–Trinajstić information content (AvgIpc) is 2.27. The van der Waals surface area contributed by atoms with Crippen molar-refractivity contribution >= 4 is 28.6 Å². The monoisotopic (exact) mass is 269 g/mol. The molecule has 0 aromatic heterocycles. The van der Waals surface area contributed by atoms with Crippen LogP contribution in [0.5, 0.6) is 0 Å². The highest BCUT2D eigenvalue weighted by Crippen LogP contribution is 2.17. The normalized spacial score (nSPS) is 10.8. The maximum absolute atomic E-state index is 13.1. The molecule has 0 N–H and O–H groups in total. The summed E-state index contributed by atoms with van der Waals surface area (Å²) in [4.78, 5) is 20.6. The first kappa shape index (κ1) is 14.4. The van der Waals surface area contributed by atoms with Gasteiger partial charge in [0.2, 0.25) is 0 Å². The number of carbonyl (C=O) groups excluding carboxylic acids is 1. The van der Waals surface area contributed by atoms with Crippen molar-refractivity contribution < 1.29 is 14.1 Å². The summed E-state index contributed by atoms with van der Waals surface area (Å²) in [6.07, 6.45) is 4.01. The summed E-state index contributed by atoms with van der Waals surface area (Å²) < 4.78 is 13.1. The second kappa shape index (κ2) is 6.90. The third-order valence-electron chi connectivity index (χ3n) is 2.02. The van der Waals surface area contributed by atoms with Gasteiger partial charge in [-0.15, -0.1) is 0 Å². The Bertz CT molecular complexity index is 488. The molecule has 1 rings (SSSR count). The first-order valence-corrected chi connectivity index (χ1v) is 6.22. The zero-order chi connectivity index (χ0) is 13.5. The van der Waals surface area contributed by atoms with E-state index in [9.17, 15) is 19.3 Å². The Hall–Kier alpha value is -1.69. The molecule has 0 atom stereocenters. The summed E-state index contributed by atoms with van der Waals surface area (Å²) in [5.41, 5.74) is 0.169. The van der Waals surface area contributed by atoms with Crippen molar-refractivity contribution in [2.75, 3.05) is 5.75 Å². The summed E-state index contributed by atoms with van der Waals surface area (Å²) >= 11 is 1.21. The van der Waals surface area contributed by atoms with Crippen molar-refractivity contribution in [2.24, 2.45) is 0 Å². The first-order chi connectivity index (χ1) is 8.49. The van der Waals surface area contributed by atoms with Crippen molar-refractivity contribution in [3.05, 3.63) is 45.8 Å². The highest BCUT2D eigenvalue weighted by Gasteiger charge is 2.07. The molecule has 0 saturated heterocycles. The van der Waals surface area contributed by atoms with Gasteiger partial charge in [0, 0.05) is 18.7 Å². The lowest BCUT2D eigenvalue weighted by Crippen LogP contribution is -1.90. The van der Waals surface area contributed by atoms with Crippen LogP contribution in [-0.2, 0) is 4.79 Å². The van der Waals surface area contributed by atoms with Gasteiger partial charge in [-0.1, -0.05) is 23.9 Å². The molecule has 0 amide bonds. The fourth-order valence-corrected chi connectivity index (χ4v) is 1.83. The topological polar surface area (TPSA) is 60.2 Å². The van der Waals surface area contributed by atoms with E-state index in [1.54, 1.807) is 12.2 Å². The van der Waals surface area contributed by atoms with Crippen LogP contribution in [0.3, 0.4) is 0 Å². The molecule has 0 saturated carbocycles. The number of nitrogens with zero attached hydrogens (tertiary/aromatic N) is 1. The molecule has 0 radical (unpaired) electrons. The van der Waals surface area contributed by atoms with E-state index >= 15 is 0 Å². The lowest BCUT2D eigenvalue weighted by Gasteiger charge is -1.96. The Balaban J connectivity index is 2.64. The van der Waals surface area contributed by atoms with Gasteiger partial charge in [-0.2, -0.15) is 0 Å². The van der Waals surface area contributed by atoms with E-state index in [1.165, 1.54) is 30.8 Å². The molecule has 0 aliphatic rings. The largest absolute Gasteiger partial charge is 0.288 e. The summed E-state index contributed by atoms with van der Waals surface area (Å²) in [5, 5.41) is 10.6. The van der Waals surface area contributed by atoms with Gasteiger partial charge in [0.15, 0.2) is 5.12 Å². The lowest BCUT2D eigenvalue weighted by atomic mass is 10.1. The van der Waals surface area contributed by atoms with Gasteiger partial charge in [0.05, 0.1) is 11.0 Å². The van der Waals surface area contributed by atoms with Crippen LogP contribution in [0.15, 0.2) is 24.3 Å². The van der Waals surface area contributed by atoms with Crippen molar-refractivity contribution in [1.29, 1.82) is 0 Å². The second-order valence-corrected chi connectivity index (χ2v) is 4.80. The minimum Gasteiger partial charge on any atom is -0.288 e. The van der Waals surface area contributed by atoms with Gasteiger partial charge < -0.3 is 0 Å². The number of halogens is 1. The zero-order valence-corrected chi connectivity index (χ0v) is 10.6. The van der Waals surface area contributed by atoms with Crippen LogP contribution in [-0.4, -0.2) is 15.8 Å². The third-order valence-corrected chi connectivity index (χ3v) is 2.86. The number of nitro benzene ring substituents is 1. The summed E-state index contributed by atoms with van der Waals surface area (Å²) in [7, 11) is 0. The first-order valence-electron chi connectivity index (χ1n) is 5.24. The highest BCUT2D eigenvalue weighted by molar-refractivity contribution is 8.13. The van der Waals surface area contributed by atoms with Gasteiger partial charge in [-0.05, 0) is 18.1 Å². The number of carbonyl (C=O) groups is 1. The SMILES string of the molecule is CC(=O)SCCC=Cc1cc(F)cc([N+](=O)[O-])c1. The van der Waals surface area contributed by atoms with Crippen LogP contribution < -0.4 is 0 Å². The van der Waals surface area contributed by atoms with Gasteiger partial charge >= 0.3 is 0 Å². The minimum absolute atomic E-state index is 0.0461. The molecule has 96 valence electrons. The smallest absolute Gasteiger partial charge is 0.272 e. The molecule has 0 unspecified atom stereocenters. The van der Waals surface area contributed by atoms with Gasteiger partial charge in [-0.25, -0.2) is 4.39 Å². The maximum Gasteiger partial charge on any atom is 0.272 e. The Labute approximate surface area is 108 Å². The number of hydrogen-bond acceptors (Lipinski definition) is 4. The van der Waals surface area contributed by atoms with E-state index in [0.29, 0.717) is 17.7 Å². The standard InChI is InChI=1S/C12H12FNO3S/c1-9(15)18-5-3-2-4-10-6-11(13)8-12(7-10)14(16)17/h2,4,6-8H,3,5H2,1H3. The van der Waals surface area contributed by atoms with Crippen molar-refractivity contribution in [2.45, 2.75) is 13.3 Å². The van der Waals surface area contributed by atoms with E-state index < -0.39 is 10.7 Å². The molecule has 6 heteroatoms. The summed E-state index contributed by atoms with van der Waals surface area (Å²) in [6.45, 7) is 1.49. The molecule has 0 aliphatic heterocycles. The molecular formula is C12H12FNO3S. The molecule has 0 fully saturated rings. The van der Waals surface area contributed by atoms with E-state index in [-0.39, 0.29) is 10.8 Å². The molecule has 0 bridgehead atoms. The number of hydrogen-bond donors (Lipinski definition) is 0. The minimum atomic E-state index is -0.637. The van der Waals surface area contributed by atoms with Gasteiger partial charge in [0.25, 0.3) is 5.69 Å².